The first-order valence-electron chi connectivity index (χ1n) is 6.85. The Morgan fingerprint density at radius 3 is 3.00 bits per heavy atom. The van der Waals surface area contributed by atoms with Gasteiger partial charge < -0.3 is 14.8 Å². The van der Waals surface area contributed by atoms with Crippen molar-refractivity contribution in [1.82, 2.24) is 5.32 Å². The Morgan fingerprint density at radius 2 is 2.37 bits per heavy atom. The van der Waals surface area contributed by atoms with E-state index in [1.165, 1.54) is 6.07 Å². The lowest BCUT2D eigenvalue weighted by molar-refractivity contribution is 0.184. The van der Waals surface area contributed by atoms with Crippen LogP contribution < -0.4 is 10.1 Å². The largest absolute Gasteiger partial charge is 0.497 e. The average Bonchev–Trinajstić information content (AvgIpc) is 2.91. The van der Waals surface area contributed by atoms with Crippen LogP contribution in [0.2, 0.25) is 0 Å². The van der Waals surface area contributed by atoms with Gasteiger partial charge in [-0.2, -0.15) is 0 Å². The molecule has 2 unspecified atom stereocenters. The van der Waals surface area contributed by atoms with Crippen molar-refractivity contribution in [3.63, 3.8) is 0 Å². The molecule has 1 aliphatic heterocycles. The summed E-state index contributed by atoms with van der Waals surface area (Å²) in [5.74, 6) is 0.987. The Morgan fingerprint density at radius 1 is 1.53 bits per heavy atom. The van der Waals surface area contributed by atoms with Gasteiger partial charge in [-0.3, -0.25) is 0 Å². The molecule has 2 atom stereocenters. The number of halogens is 1. The van der Waals surface area contributed by atoms with E-state index >= 15 is 0 Å². The van der Waals surface area contributed by atoms with Gasteiger partial charge in [-0.15, -0.1) is 0 Å². The van der Waals surface area contributed by atoms with Crippen LogP contribution in [0.25, 0.3) is 0 Å². The van der Waals surface area contributed by atoms with Crippen molar-refractivity contribution in [2.75, 3.05) is 26.9 Å². The summed E-state index contributed by atoms with van der Waals surface area (Å²) < 4.78 is 24.2. The fraction of sp³-hybridized carbons (Fsp3) is 0.600. The lowest BCUT2D eigenvalue weighted by atomic mass is 10.0. The molecule has 2 rings (SSSR count). The van der Waals surface area contributed by atoms with Gasteiger partial charge in [0, 0.05) is 30.9 Å². The molecular formula is C15H22FNO2. The topological polar surface area (TPSA) is 30.5 Å². The summed E-state index contributed by atoms with van der Waals surface area (Å²) in [7, 11) is 1.54. The highest BCUT2D eigenvalue weighted by Crippen LogP contribution is 2.22. The van der Waals surface area contributed by atoms with Crippen LogP contribution in [-0.2, 0) is 4.74 Å². The van der Waals surface area contributed by atoms with Crippen molar-refractivity contribution in [2.45, 2.75) is 25.8 Å². The minimum Gasteiger partial charge on any atom is -0.497 e. The third-order valence-corrected chi connectivity index (χ3v) is 3.70. The van der Waals surface area contributed by atoms with E-state index in [4.69, 9.17) is 9.47 Å². The van der Waals surface area contributed by atoms with Gasteiger partial charge in [-0.1, -0.05) is 6.07 Å². The molecule has 1 aromatic carbocycles. The highest BCUT2D eigenvalue weighted by atomic mass is 19.1. The van der Waals surface area contributed by atoms with Crippen LogP contribution in [0.4, 0.5) is 4.39 Å². The van der Waals surface area contributed by atoms with Gasteiger partial charge in [0.2, 0.25) is 0 Å². The van der Waals surface area contributed by atoms with E-state index in [2.05, 4.69) is 5.32 Å². The Bertz CT molecular complexity index is 405. The fourth-order valence-corrected chi connectivity index (χ4v) is 2.41. The van der Waals surface area contributed by atoms with Crippen LogP contribution in [0, 0.1) is 11.7 Å². The van der Waals surface area contributed by atoms with E-state index in [1.807, 2.05) is 6.92 Å². The van der Waals surface area contributed by atoms with Crippen molar-refractivity contribution in [3.05, 3.63) is 29.6 Å². The van der Waals surface area contributed by atoms with E-state index in [9.17, 15) is 4.39 Å². The molecule has 1 heterocycles. The van der Waals surface area contributed by atoms with Crippen molar-refractivity contribution < 1.29 is 13.9 Å². The van der Waals surface area contributed by atoms with Crippen molar-refractivity contribution in [2.24, 2.45) is 5.92 Å². The third-order valence-electron chi connectivity index (χ3n) is 3.70. The second kappa shape index (κ2) is 6.87. The zero-order valence-electron chi connectivity index (χ0n) is 11.6. The quantitative estimate of drug-likeness (QED) is 0.859. The van der Waals surface area contributed by atoms with Gasteiger partial charge >= 0.3 is 0 Å². The summed E-state index contributed by atoms with van der Waals surface area (Å²) in [5.41, 5.74) is 0.684. The number of methoxy groups -OCH3 is 1. The van der Waals surface area contributed by atoms with Gasteiger partial charge in [-0.25, -0.2) is 4.39 Å². The maximum atomic E-state index is 13.9. The lowest BCUT2D eigenvalue weighted by Crippen LogP contribution is -2.22. The van der Waals surface area contributed by atoms with E-state index in [0.29, 0.717) is 17.2 Å². The molecule has 1 fully saturated rings. The molecule has 0 bridgehead atoms. The molecule has 3 nitrogen and oxygen atoms in total. The highest BCUT2D eigenvalue weighted by Gasteiger charge is 2.16. The van der Waals surface area contributed by atoms with Gasteiger partial charge in [-0.05, 0) is 38.3 Å². The summed E-state index contributed by atoms with van der Waals surface area (Å²) in [6.07, 6.45) is 2.23. The fourth-order valence-electron chi connectivity index (χ4n) is 2.41. The standard InChI is InChI=1S/C15H22FNO2/c1-11(17-7-5-12-6-8-19-10-12)14-4-3-13(18-2)9-15(14)16/h3-4,9,11-12,17H,5-8,10H2,1-2H3. The number of nitrogens with one attached hydrogen (secondary N) is 1. The zero-order chi connectivity index (χ0) is 13.7. The van der Waals surface area contributed by atoms with Crippen LogP contribution in [0.1, 0.15) is 31.4 Å². The Hall–Kier alpha value is -1.13. The molecule has 4 heteroatoms. The lowest BCUT2D eigenvalue weighted by Gasteiger charge is -2.16. The average molecular weight is 267 g/mol. The molecule has 0 spiro atoms. The van der Waals surface area contributed by atoms with Crippen LogP contribution >= 0.6 is 0 Å². The van der Waals surface area contributed by atoms with Crippen LogP contribution in [-0.4, -0.2) is 26.9 Å². The molecule has 19 heavy (non-hydrogen) atoms. The molecule has 1 saturated heterocycles. The first-order chi connectivity index (χ1) is 9.20. The van der Waals surface area contributed by atoms with Crippen LogP contribution in [0.5, 0.6) is 5.75 Å². The smallest absolute Gasteiger partial charge is 0.131 e. The maximum absolute atomic E-state index is 13.9. The third kappa shape index (κ3) is 3.91. The number of hydrogen-bond donors (Lipinski definition) is 1. The monoisotopic (exact) mass is 267 g/mol. The minimum absolute atomic E-state index is 0.00762. The summed E-state index contributed by atoms with van der Waals surface area (Å²) in [6.45, 7) is 4.62. The summed E-state index contributed by atoms with van der Waals surface area (Å²) in [4.78, 5) is 0. The molecule has 1 N–H and O–H groups in total. The molecule has 106 valence electrons. The Balaban J connectivity index is 1.83. The van der Waals surface area contributed by atoms with E-state index in [1.54, 1.807) is 19.2 Å². The van der Waals surface area contributed by atoms with Gasteiger partial charge in [0.25, 0.3) is 0 Å². The Labute approximate surface area is 114 Å². The minimum atomic E-state index is -0.219. The van der Waals surface area contributed by atoms with Crippen molar-refractivity contribution in [1.29, 1.82) is 0 Å². The second-order valence-corrected chi connectivity index (χ2v) is 5.08. The van der Waals surface area contributed by atoms with E-state index in [-0.39, 0.29) is 11.9 Å². The maximum Gasteiger partial charge on any atom is 0.131 e. The summed E-state index contributed by atoms with van der Waals surface area (Å²) >= 11 is 0. The SMILES string of the molecule is COc1ccc(C(C)NCCC2CCOC2)c(F)c1. The van der Waals surface area contributed by atoms with Crippen molar-refractivity contribution >= 4 is 0 Å². The molecule has 0 saturated carbocycles. The molecule has 0 aliphatic carbocycles. The van der Waals surface area contributed by atoms with E-state index in [0.717, 1.165) is 32.6 Å². The van der Waals surface area contributed by atoms with Crippen molar-refractivity contribution in [3.8, 4) is 5.75 Å². The predicted molar refractivity (Wildman–Crippen MR) is 72.9 cm³/mol. The number of rotatable bonds is 6. The molecule has 1 aliphatic rings. The zero-order valence-corrected chi connectivity index (χ0v) is 11.6. The van der Waals surface area contributed by atoms with Gasteiger partial charge in [0.05, 0.1) is 7.11 Å². The second-order valence-electron chi connectivity index (χ2n) is 5.08. The predicted octanol–water partition coefficient (Wildman–Crippen LogP) is 2.91. The van der Waals surface area contributed by atoms with Crippen LogP contribution in [0.3, 0.4) is 0 Å². The highest BCUT2D eigenvalue weighted by molar-refractivity contribution is 5.30. The molecule has 1 aromatic rings. The summed E-state index contributed by atoms with van der Waals surface area (Å²) in [5, 5.41) is 3.37. The normalized spacial score (nSPS) is 20.5. The van der Waals surface area contributed by atoms with Crippen LogP contribution in [0.15, 0.2) is 18.2 Å². The molecular weight excluding hydrogens is 245 g/mol. The number of hydrogen-bond acceptors (Lipinski definition) is 3. The first-order valence-corrected chi connectivity index (χ1v) is 6.85. The van der Waals surface area contributed by atoms with E-state index < -0.39 is 0 Å². The molecule has 0 radical (unpaired) electrons. The molecule has 0 aromatic heterocycles. The number of ether oxygens (including phenoxy) is 2. The molecule has 0 amide bonds. The van der Waals surface area contributed by atoms with Gasteiger partial charge in [0.15, 0.2) is 0 Å². The first kappa shape index (κ1) is 14.3. The van der Waals surface area contributed by atoms with Gasteiger partial charge in [0.1, 0.15) is 11.6 Å². The Kier molecular flexibility index (Phi) is 5.16. The summed E-state index contributed by atoms with van der Waals surface area (Å²) in [6, 6.07) is 5.01. The number of benzene rings is 1.